The Morgan fingerprint density at radius 1 is 1.29 bits per heavy atom. The summed E-state index contributed by atoms with van der Waals surface area (Å²) in [6.45, 7) is 25.1. The number of rotatable bonds is 4. The van der Waals surface area contributed by atoms with Crippen LogP contribution in [-0.2, 0) is 14.0 Å². The highest BCUT2D eigenvalue weighted by molar-refractivity contribution is 6.74. The maximum absolute atomic E-state index is 14.7. The fraction of sp³-hybridized carbons (Fsp3) is 0.741. The quantitative estimate of drug-likeness (QED) is 0.369. The largest absolute Gasteiger partial charge is 0.415 e. The van der Waals surface area contributed by atoms with Gasteiger partial charge < -0.3 is 9.16 Å². The smallest absolute Gasteiger partial charge is 0.192 e. The highest BCUT2D eigenvalue weighted by Crippen LogP contribution is 2.67. The molecule has 2 bridgehead atoms. The van der Waals surface area contributed by atoms with E-state index in [-0.39, 0.29) is 23.0 Å². The summed E-state index contributed by atoms with van der Waals surface area (Å²) in [5, 5.41) is 0.0897. The lowest BCUT2D eigenvalue weighted by atomic mass is 9.47. The lowest BCUT2D eigenvalue weighted by molar-refractivity contribution is -0.160. The molecule has 31 heavy (non-hydrogen) atoms. The van der Waals surface area contributed by atoms with Crippen molar-refractivity contribution in [2.45, 2.75) is 91.1 Å². The van der Waals surface area contributed by atoms with Crippen LogP contribution >= 0.6 is 0 Å². The van der Waals surface area contributed by atoms with Gasteiger partial charge in [0.05, 0.1) is 12.7 Å². The van der Waals surface area contributed by atoms with Crippen molar-refractivity contribution >= 4 is 14.1 Å². The fourth-order valence-electron chi connectivity index (χ4n) is 6.49. The summed E-state index contributed by atoms with van der Waals surface area (Å²) in [5.41, 5.74) is 2.16. The molecular weight excluding hydrogens is 400 g/mol. The Bertz CT molecular complexity index is 873. The first-order valence-electron chi connectivity index (χ1n) is 12.1. The zero-order valence-electron chi connectivity index (χ0n) is 21.1. The SMILES string of the molecule is C=C1[C@H]2C=C(C)[C@]3(C[C@H]4C(C)=CC[C@H](C(C)C)[C@H]4C(=O)[C@]13CO[Si](C)(C)C(C)(C)C)O2. The van der Waals surface area contributed by atoms with Gasteiger partial charge in [0.25, 0.3) is 0 Å². The molecule has 0 unspecified atom stereocenters. The van der Waals surface area contributed by atoms with Crippen molar-refractivity contribution in [2.75, 3.05) is 6.61 Å². The van der Waals surface area contributed by atoms with E-state index in [1.807, 2.05) is 0 Å². The average molecular weight is 443 g/mol. The molecule has 4 rings (SSSR count). The molecule has 2 aliphatic heterocycles. The molecule has 4 heteroatoms. The Kier molecular flexibility index (Phi) is 5.25. The number of Topliss-reactive ketones (excluding diaryl/α,β-unsaturated/α-hetero) is 1. The third kappa shape index (κ3) is 2.93. The molecule has 1 saturated heterocycles. The minimum atomic E-state index is -2.04. The van der Waals surface area contributed by atoms with Gasteiger partial charge in [-0.25, -0.2) is 0 Å². The fourth-order valence-corrected chi connectivity index (χ4v) is 7.50. The Morgan fingerprint density at radius 3 is 2.52 bits per heavy atom. The molecule has 0 N–H and O–H groups in total. The Balaban J connectivity index is 1.83. The lowest BCUT2D eigenvalue weighted by Crippen LogP contribution is -2.65. The highest BCUT2D eigenvalue weighted by Gasteiger charge is 2.74. The summed E-state index contributed by atoms with van der Waals surface area (Å²) in [5.74, 6) is 1.47. The van der Waals surface area contributed by atoms with Crippen LogP contribution in [0.1, 0.15) is 61.3 Å². The predicted molar refractivity (Wildman–Crippen MR) is 129 cm³/mol. The van der Waals surface area contributed by atoms with Crippen LogP contribution in [0.5, 0.6) is 0 Å². The van der Waals surface area contributed by atoms with E-state index in [0.717, 1.165) is 18.4 Å². The number of ether oxygens (including phenoxy) is 1. The van der Waals surface area contributed by atoms with Gasteiger partial charge in [-0.05, 0) is 79.8 Å². The van der Waals surface area contributed by atoms with E-state index in [0.29, 0.717) is 24.2 Å². The first-order chi connectivity index (χ1) is 14.2. The number of fused-ring (bicyclic) bond motifs is 2. The molecule has 6 atom stereocenters. The standard InChI is InChI=1S/C27H42O3Si/c1-16(2)20-12-11-17(3)21-14-27-18(4)13-22(30-27)19(5)26(27,24(28)23(20)21)15-29-31(9,10)25(6,7)8/h11,13,16,20-23H,5,12,14-15H2,1-4,6-10H3/t20-,21+,22-,23-,26+,27+/m1/s1. The number of hydrogen-bond acceptors (Lipinski definition) is 3. The molecule has 0 radical (unpaired) electrons. The van der Waals surface area contributed by atoms with E-state index in [1.54, 1.807) is 0 Å². The molecule has 2 fully saturated rings. The van der Waals surface area contributed by atoms with Gasteiger partial charge in [-0.15, -0.1) is 0 Å². The number of hydrogen-bond donors (Lipinski definition) is 0. The summed E-state index contributed by atoms with van der Waals surface area (Å²) >= 11 is 0. The molecule has 3 nitrogen and oxygen atoms in total. The maximum Gasteiger partial charge on any atom is 0.192 e. The van der Waals surface area contributed by atoms with Gasteiger partial charge >= 0.3 is 0 Å². The molecule has 4 aliphatic rings. The van der Waals surface area contributed by atoms with Crippen LogP contribution in [0.25, 0.3) is 0 Å². The van der Waals surface area contributed by atoms with Crippen LogP contribution in [-0.4, -0.2) is 32.4 Å². The van der Waals surface area contributed by atoms with Crippen molar-refractivity contribution in [2.24, 2.45) is 29.1 Å². The van der Waals surface area contributed by atoms with Gasteiger partial charge in [-0.1, -0.05) is 52.8 Å². The summed E-state index contributed by atoms with van der Waals surface area (Å²) in [7, 11) is -2.04. The van der Waals surface area contributed by atoms with Gasteiger partial charge in [0.1, 0.15) is 11.0 Å². The van der Waals surface area contributed by atoms with E-state index in [9.17, 15) is 4.79 Å². The van der Waals surface area contributed by atoms with Crippen molar-refractivity contribution in [3.8, 4) is 0 Å². The van der Waals surface area contributed by atoms with E-state index in [1.165, 1.54) is 11.1 Å². The number of ketones is 1. The molecule has 172 valence electrons. The number of allylic oxidation sites excluding steroid dienone is 2. The van der Waals surface area contributed by atoms with Crippen LogP contribution in [0.4, 0.5) is 0 Å². The van der Waals surface area contributed by atoms with Crippen molar-refractivity contribution in [3.63, 3.8) is 0 Å². The number of carbonyl (C=O) groups excluding carboxylic acids is 1. The van der Waals surface area contributed by atoms with Gasteiger partial charge in [-0.2, -0.15) is 0 Å². The molecule has 1 saturated carbocycles. The molecule has 0 amide bonds. The second-order valence-corrected chi connectivity index (χ2v) is 17.3. The first kappa shape index (κ1) is 23.2. The monoisotopic (exact) mass is 442 g/mol. The molecule has 0 aromatic heterocycles. The summed E-state index contributed by atoms with van der Waals surface area (Å²) < 4.78 is 13.5. The molecular formula is C27H42O3Si. The Hall–Kier alpha value is -0.973. The number of carbonyl (C=O) groups is 1. The topological polar surface area (TPSA) is 35.5 Å². The van der Waals surface area contributed by atoms with Crippen LogP contribution < -0.4 is 0 Å². The minimum absolute atomic E-state index is 0.0335. The molecule has 2 aliphatic carbocycles. The van der Waals surface area contributed by atoms with Crippen molar-refractivity contribution in [1.29, 1.82) is 0 Å². The molecule has 2 heterocycles. The Labute approximate surface area is 190 Å². The second-order valence-electron chi connectivity index (χ2n) is 12.5. The first-order valence-corrected chi connectivity index (χ1v) is 15.0. The second kappa shape index (κ2) is 7.01. The summed E-state index contributed by atoms with van der Waals surface area (Å²) in [4.78, 5) is 14.7. The lowest BCUT2D eigenvalue weighted by Gasteiger charge is -2.56. The van der Waals surface area contributed by atoms with Gasteiger partial charge in [-0.3, -0.25) is 4.79 Å². The maximum atomic E-state index is 14.7. The highest BCUT2D eigenvalue weighted by atomic mass is 28.4. The van der Waals surface area contributed by atoms with Crippen molar-refractivity contribution < 1.29 is 14.0 Å². The van der Waals surface area contributed by atoms with E-state index in [4.69, 9.17) is 9.16 Å². The minimum Gasteiger partial charge on any atom is -0.415 e. The van der Waals surface area contributed by atoms with E-state index < -0.39 is 19.3 Å². The third-order valence-electron chi connectivity index (χ3n) is 9.68. The molecule has 0 aromatic carbocycles. The van der Waals surface area contributed by atoms with Crippen molar-refractivity contribution in [1.82, 2.24) is 0 Å². The van der Waals surface area contributed by atoms with Crippen molar-refractivity contribution in [3.05, 3.63) is 35.5 Å². The van der Waals surface area contributed by atoms with Crippen LogP contribution in [0, 0.1) is 29.1 Å². The zero-order chi connectivity index (χ0) is 23.1. The van der Waals surface area contributed by atoms with E-state index >= 15 is 0 Å². The predicted octanol–water partition coefficient (Wildman–Crippen LogP) is 6.48. The van der Waals surface area contributed by atoms with Crippen LogP contribution in [0.2, 0.25) is 18.1 Å². The van der Waals surface area contributed by atoms with Gasteiger partial charge in [0.2, 0.25) is 0 Å². The van der Waals surface area contributed by atoms with Gasteiger partial charge in [0.15, 0.2) is 14.1 Å². The molecule has 1 spiro atoms. The summed E-state index contributed by atoms with van der Waals surface area (Å²) in [6, 6.07) is 0. The normalized spacial score (nSPS) is 40.1. The third-order valence-corrected chi connectivity index (χ3v) is 14.2. The zero-order valence-corrected chi connectivity index (χ0v) is 22.1. The molecule has 0 aromatic rings. The van der Waals surface area contributed by atoms with Crippen LogP contribution in [0.3, 0.4) is 0 Å². The van der Waals surface area contributed by atoms with E-state index in [2.05, 4.69) is 80.3 Å². The van der Waals surface area contributed by atoms with Crippen LogP contribution in [0.15, 0.2) is 35.5 Å². The average Bonchev–Trinajstić information content (AvgIpc) is 3.10. The van der Waals surface area contributed by atoms with Gasteiger partial charge in [0, 0.05) is 5.92 Å². The summed E-state index contributed by atoms with van der Waals surface area (Å²) in [6.07, 6.45) is 6.28. The Morgan fingerprint density at radius 2 is 1.94 bits per heavy atom.